The van der Waals surface area contributed by atoms with E-state index in [1.165, 1.54) is 0 Å². The maximum absolute atomic E-state index is 11.2. The number of rotatable bonds is 5. The first kappa shape index (κ1) is 12.5. The fourth-order valence-electron chi connectivity index (χ4n) is 1.40. The van der Waals surface area contributed by atoms with Gasteiger partial charge in [0.25, 0.3) is 0 Å². The molecule has 1 radical (unpaired) electrons. The lowest BCUT2D eigenvalue weighted by Crippen LogP contribution is -2.14. The lowest BCUT2D eigenvalue weighted by molar-refractivity contribution is 0.168. The van der Waals surface area contributed by atoms with Gasteiger partial charge in [-0.05, 0) is 31.4 Å². The number of hydrogen-bond acceptors (Lipinski definition) is 2. The Kier molecular flexibility index (Phi) is 5.36. The molecule has 0 aliphatic heterocycles. The van der Waals surface area contributed by atoms with E-state index in [4.69, 9.17) is 4.74 Å². The Hall–Kier alpha value is -1.55. The summed E-state index contributed by atoms with van der Waals surface area (Å²) in [5, 5.41) is 13.1. The van der Waals surface area contributed by atoms with Crippen molar-refractivity contribution >= 4 is 11.8 Å². The molecule has 0 heterocycles. The monoisotopic (exact) mass is 222 g/mol. The highest BCUT2D eigenvalue weighted by atomic mass is 16.5. The van der Waals surface area contributed by atoms with Crippen molar-refractivity contribution in [2.45, 2.75) is 19.8 Å². The third-order valence-electron chi connectivity index (χ3n) is 2.12. The van der Waals surface area contributed by atoms with E-state index in [2.05, 4.69) is 5.32 Å². The van der Waals surface area contributed by atoms with E-state index in [1.807, 2.05) is 18.2 Å². The average Bonchev–Trinajstić information content (AvgIpc) is 2.28. The molecule has 0 atom stereocenters. The molecule has 0 aliphatic carbocycles. The van der Waals surface area contributed by atoms with Gasteiger partial charge in [-0.3, -0.25) is 5.32 Å². The molecule has 1 amide bonds. The van der Waals surface area contributed by atoms with Gasteiger partial charge in [-0.25, -0.2) is 9.90 Å². The summed E-state index contributed by atoms with van der Waals surface area (Å²) < 4.78 is 4.79. The fourth-order valence-corrected chi connectivity index (χ4v) is 1.40. The smallest absolute Gasteiger partial charge is 0.411 e. The van der Waals surface area contributed by atoms with Gasteiger partial charge < -0.3 is 4.74 Å². The molecule has 1 aromatic carbocycles. The highest BCUT2D eigenvalue weighted by Gasteiger charge is 2.06. The highest BCUT2D eigenvalue weighted by molar-refractivity contribution is 5.85. The van der Waals surface area contributed by atoms with Crippen molar-refractivity contribution in [3.05, 3.63) is 29.8 Å². The number of ether oxygens (including phenoxy) is 1. The molecule has 0 fully saturated rings. The number of carbonyl (C=O) groups is 1. The van der Waals surface area contributed by atoms with E-state index in [0.29, 0.717) is 19.4 Å². The fraction of sp³-hybridized carbons (Fsp3) is 0.417. The molecule has 1 N–H and O–H groups in total. The number of anilines is 1. The summed E-state index contributed by atoms with van der Waals surface area (Å²) in [6.07, 6.45) is 0.783. The summed E-state index contributed by atoms with van der Waals surface area (Å²) in [4.78, 5) is 11.2. The summed E-state index contributed by atoms with van der Waals surface area (Å²) in [5.74, 6) is 0. The van der Waals surface area contributed by atoms with Crippen molar-refractivity contribution in [1.29, 1.82) is 0 Å². The summed E-state index contributed by atoms with van der Waals surface area (Å²) in [6, 6.07) is 7.42. The minimum atomic E-state index is -0.461. The Morgan fingerprint density at radius 2 is 2.12 bits per heavy atom. The number of nitrogens with one attached hydrogen (secondary N) is 1. The normalized spacial score (nSPS) is 9.88. The Labute approximate surface area is 95.2 Å². The third kappa shape index (κ3) is 3.90. The Balaban J connectivity index is 2.66. The molecule has 0 aromatic heterocycles. The highest BCUT2D eigenvalue weighted by Crippen LogP contribution is 2.16. The minimum absolute atomic E-state index is 0.103. The molecule has 87 valence electrons. The number of benzene rings is 1. The summed E-state index contributed by atoms with van der Waals surface area (Å²) >= 11 is 0. The molecule has 1 aromatic rings. The van der Waals surface area contributed by atoms with Crippen LogP contribution in [0.15, 0.2) is 24.3 Å². The quantitative estimate of drug-likeness (QED) is 0.832. The van der Waals surface area contributed by atoms with Gasteiger partial charge in [-0.1, -0.05) is 18.2 Å². The topological polar surface area (TPSA) is 58.2 Å². The first-order valence-corrected chi connectivity index (χ1v) is 5.37. The Morgan fingerprint density at radius 3 is 2.81 bits per heavy atom. The molecular formula is C12H16NO3. The van der Waals surface area contributed by atoms with Gasteiger partial charge in [0.1, 0.15) is 0 Å². The zero-order valence-electron chi connectivity index (χ0n) is 9.36. The second kappa shape index (κ2) is 6.85. The molecule has 0 saturated heterocycles. The number of hydrogen-bond donors (Lipinski definition) is 1. The van der Waals surface area contributed by atoms with Crippen LogP contribution in [-0.4, -0.2) is 19.3 Å². The van der Waals surface area contributed by atoms with Crippen LogP contribution in [-0.2, 0) is 16.3 Å². The number of aryl methyl sites for hydroxylation is 1. The molecule has 0 unspecified atom stereocenters. The second-order valence-electron chi connectivity index (χ2n) is 3.31. The van der Waals surface area contributed by atoms with E-state index >= 15 is 0 Å². The molecule has 0 spiro atoms. The van der Waals surface area contributed by atoms with E-state index in [0.717, 1.165) is 11.3 Å². The first-order chi connectivity index (χ1) is 7.77. The summed E-state index contributed by atoms with van der Waals surface area (Å²) in [5.41, 5.74) is 1.68. The zero-order valence-corrected chi connectivity index (χ0v) is 9.36. The number of para-hydroxylation sites is 1. The van der Waals surface area contributed by atoms with Crippen LogP contribution in [0.2, 0.25) is 0 Å². The Bertz CT molecular complexity index is 339. The first-order valence-electron chi connectivity index (χ1n) is 5.37. The molecule has 16 heavy (non-hydrogen) atoms. The van der Waals surface area contributed by atoms with Crippen LogP contribution in [0.4, 0.5) is 10.5 Å². The van der Waals surface area contributed by atoms with Crippen LogP contribution in [0.1, 0.15) is 18.9 Å². The van der Waals surface area contributed by atoms with Crippen molar-refractivity contribution in [3.63, 3.8) is 0 Å². The van der Waals surface area contributed by atoms with Crippen LogP contribution in [0.5, 0.6) is 0 Å². The maximum Gasteiger partial charge on any atom is 0.411 e. The number of carbonyl (C=O) groups excluding carboxylic acids is 1. The van der Waals surface area contributed by atoms with Crippen molar-refractivity contribution in [3.8, 4) is 0 Å². The predicted octanol–water partition coefficient (Wildman–Crippen LogP) is 2.62. The molecular weight excluding hydrogens is 206 g/mol. The maximum atomic E-state index is 11.2. The largest absolute Gasteiger partial charge is 0.450 e. The van der Waals surface area contributed by atoms with Crippen LogP contribution < -0.4 is 5.32 Å². The summed E-state index contributed by atoms with van der Waals surface area (Å²) in [7, 11) is 0. The standard InChI is InChI=1S/C12H16NO3/c1-2-16-12(15)13-11-8-4-3-6-10(11)7-5-9-14/h3-4,6,8H,2,5,7,9H2,1H3,(H,13,15). The van der Waals surface area contributed by atoms with Crippen molar-refractivity contribution in [2.75, 3.05) is 18.5 Å². The second-order valence-corrected chi connectivity index (χ2v) is 3.31. The average molecular weight is 222 g/mol. The van der Waals surface area contributed by atoms with E-state index in [1.54, 1.807) is 13.0 Å². The van der Waals surface area contributed by atoms with Crippen molar-refractivity contribution < 1.29 is 14.6 Å². The lowest BCUT2D eigenvalue weighted by Gasteiger charge is -2.10. The van der Waals surface area contributed by atoms with Gasteiger partial charge in [-0.2, -0.15) is 0 Å². The zero-order chi connectivity index (χ0) is 11.8. The Morgan fingerprint density at radius 1 is 1.38 bits per heavy atom. The van der Waals surface area contributed by atoms with Gasteiger partial charge in [0, 0.05) is 5.69 Å². The molecule has 1 rings (SSSR count). The van der Waals surface area contributed by atoms with Crippen LogP contribution in [0.25, 0.3) is 0 Å². The summed E-state index contributed by atoms with van der Waals surface area (Å²) in [6.45, 7) is 1.99. The van der Waals surface area contributed by atoms with Crippen LogP contribution in [0.3, 0.4) is 0 Å². The third-order valence-corrected chi connectivity index (χ3v) is 2.12. The predicted molar refractivity (Wildman–Crippen MR) is 61.0 cm³/mol. The van der Waals surface area contributed by atoms with Crippen molar-refractivity contribution in [1.82, 2.24) is 0 Å². The molecule has 0 bridgehead atoms. The van der Waals surface area contributed by atoms with Gasteiger partial charge >= 0.3 is 6.09 Å². The van der Waals surface area contributed by atoms with E-state index < -0.39 is 6.09 Å². The van der Waals surface area contributed by atoms with E-state index in [-0.39, 0.29) is 6.61 Å². The van der Waals surface area contributed by atoms with Gasteiger partial charge in [-0.15, -0.1) is 0 Å². The van der Waals surface area contributed by atoms with Crippen LogP contribution in [0, 0.1) is 0 Å². The van der Waals surface area contributed by atoms with Gasteiger partial charge in [0.05, 0.1) is 13.2 Å². The van der Waals surface area contributed by atoms with Gasteiger partial charge in [0.15, 0.2) is 0 Å². The lowest BCUT2D eigenvalue weighted by atomic mass is 10.1. The minimum Gasteiger partial charge on any atom is -0.450 e. The number of amides is 1. The van der Waals surface area contributed by atoms with E-state index in [9.17, 15) is 9.90 Å². The SMILES string of the molecule is CCOC(=O)Nc1ccccc1CCC[O]. The van der Waals surface area contributed by atoms with Gasteiger partial charge in [0.2, 0.25) is 0 Å². The molecule has 4 nitrogen and oxygen atoms in total. The molecule has 0 saturated carbocycles. The molecule has 4 heteroatoms. The molecule has 0 aliphatic rings. The van der Waals surface area contributed by atoms with Crippen molar-refractivity contribution in [2.24, 2.45) is 0 Å². The van der Waals surface area contributed by atoms with Crippen LogP contribution >= 0.6 is 0 Å².